The number of ether oxygens (including phenoxy) is 1. The molecule has 1 heterocycles. The summed E-state index contributed by atoms with van der Waals surface area (Å²) in [5.41, 5.74) is 0.664. The minimum atomic E-state index is -3.91. The van der Waals surface area contributed by atoms with Crippen LogP contribution in [0.3, 0.4) is 0 Å². The molecule has 0 saturated carbocycles. The lowest BCUT2D eigenvalue weighted by Crippen LogP contribution is -2.51. The van der Waals surface area contributed by atoms with Crippen molar-refractivity contribution >= 4 is 16.1 Å². The molecule has 1 aromatic rings. The number of amides is 2. The van der Waals surface area contributed by atoms with Crippen molar-refractivity contribution in [1.29, 1.82) is 0 Å². The van der Waals surface area contributed by atoms with Crippen LogP contribution < -0.4 is 10.1 Å². The highest BCUT2D eigenvalue weighted by atomic mass is 32.2. The molecule has 1 aliphatic heterocycles. The number of benzene rings is 1. The lowest BCUT2D eigenvalue weighted by Gasteiger charge is -2.37. The molecule has 0 aromatic heterocycles. The Morgan fingerprint density at radius 3 is 2.68 bits per heavy atom. The summed E-state index contributed by atoms with van der Waals surface area (Å²) < 4.78 is 34.6. The number of carbonyl (C=O) groups is 1. The standard InChI is InChI=1S/C25H39N3O5S/c1-7-13-26-25(30)27(6)16-23-19(4)15-28(20(5)17-29)34(31,32)24-12-11-21(14-22(24)33-23)10-8-9-18(2)3/h11-12,14,18-20,23,29H,7,9,13,15-17H2,1-6H3,(H,26,30)/t19-,20+,23-/m1/s1. The predicted octanol–water partition coefficient (Wildman–Crippen LogP) is 2.90. The van der Waals surface area contributed by atoms with Gasteiger partial charge in [-0.05, 0) is 37.5 Å². The Labute approximate surface area is 204 Å². The fraction of sp³-hybridized carbons (Fsp3) is 0.640. The molecule has 2 amide bonds. The summed E-state index contributed by atoms with van der Waals surface area (Å²) in [5, 5.41) is 12.6. The number of aliphatic hydroxyl groups excluding tert-OH is 1. The van der Waals surface area contributed by atoms with E-state index in [0.29, 0.717) is 18.0 Å². The Morgan fingerprint density at radius 1 is 1.35 bits per heavy atom. The van der Waals surface area contributed by atoms with Gasteiger partial charge in [-0.25, -0.2) is 13.2 Å². The molecule has 190 valence electrons. The summed E-state index contributed by atoms with van der Waals surface area (Å²) in [4.78, 5) is 14.0. The van der Waals surface area contributed by atoms with Gasteiger partial charge in [-0.15, -0.1) is 0 Å². The maximum absolute atomic E-state index is 13.5. The van der Waals surface area contributed by atoms with Crippen LogP contribution in [0, 0.1) is 23.7 Å². The van der Waals surface area contributed by atoms with Gasteiger partial charge >= 0.3 is 6.03 Å². The number of fused-ring (bicyclic) bond motifs is 1. The number of nitrogens with zero attached hydrogens (tertiary/aromatic N) is 2. The molecule has 2 N–H and O–H groups in total. The van der Waals surface area contributed by atoms with Gasteiger partial charge < -0.3 is 20.1 Å². The van der Waals surface area contributed by atoms with Crippen molar-refractivity contribution in [2.45, 2.75) is 64.5 Å². The van der Waals surface area contributed by atoms with Crippen LogP contribution in [0.15, 0.2) is 23.1 Å². The van der Waals surface area contributed by atoms with Gasteiger partial charge in [0.25, 0.3) is 0 Å². The van der Waals surface area contributed by atoms with Gasteiger partial charge in [0.2, 0.25) is 10.0 Å². The molecule has 1 aromatic carbocycles. The molecule has 3 atom stereocenters. The number of likely N-dealkylation sites (N-methyl/N-ethyl adjacent to an activating group) is 1. The van der Waals surface area contributed by atoms with Gasteiger partial charge in [-0.1, -0.05) is 39.5 Å². The molecule has 2 rings (SSSR count). The highest BCUT2D eigenvalue weighted by Gasteiger charge is 2.38. The predicted molar refractivity (Wildman–Crippen MR) is 133 cm³/mol. The van der Waals surface area contributed by atoms with E-state index in [1.54, 1.807) is 31.0 Å². The van der Waals surface area contributed by atoms with E-state index in [0.717, 1.165) is 12.8 Å². The van der Waals surface area contributed by atoms with Crippen LogP contribution in [0.25, 0.3) is 0 Å². The van der Waals surface area contributed by atoms with Crippen molar-refractivity contribution < 1.29 is 23.1 Å². The number of sulfonamides is 1. The largest absolute Gasteiger partial charge is 0.487 e. The van der Waals surface area contributed by atoms with Gasteiger partial charge in [0.15, 0.2) is 0 Å². The van der Waals surface area contributed by atoms with Gasteiger partial charge in [0, 0.05) is 44.1 Å². The summed E-state index contributed by atoms with van der Waals surface area (Å²) in [7, 11) is -2.22. The molecular weight excluding hydrogens is 454 g/mol. The average molecular weight is 494 g/mol. The Bertz CT molecular complexity index is 1000. The number of rotatable bonds is 7. The van der Waals surface area contributed by atoms with Crippen LogP contribution in [0.1, 0.15) is 53.0 Å². The molecule has 0 fully saturated rings. The normalized spacial score (nSPS) is 20.7. The maximum Gasteiger partial charge on any atom is 0.317 e. The van der Waals surface area contributed by atoms with Crippen molar-refractivity contribution in [2.75, 3.05) is 33.3 Å². The zero-order valence-electron chi connectivity index (χ0n) is 21.2. The third-order valence-corrected chi connectivity index (χ3v) is 7.76. The smallest absolute Gasteiger partial charge is 0.317 e. The fourth-order valence-corrected chi connectivity index (χ4v) is 5.42. The van der Waals surface area contributed by atoms with Crippen LogP contribution in [0.5, 0.6) is 5.75 Å². The topological polar surface area (TPSA) is 99.2 Å². The second-order valence-electron chi connectivity index (χ2n) is 9.41. The lowest BCUT2D eigenvalue weighted by molar-refractivity contribution is 0.0812. The minimum absolute atomic E-state index is 0.0391. The molecule has 34 heavy (non-hydrogen) atoms. The molecule has 0 saturated heterocycles. The number of hydrogen-bond acceptors (Lipinski definition) is 5. The third kappa shape index (κ3) is 7.11. The number of nitrogens with one attached hydrogen (secondary N) is 1. The van der Waals surface area contributed by atoms with Gasteiger partial charge in [-0.2, -0.15) is 4.31 Å². The molecule has 0 unspecified atom stereocenters. The van der Waals surface area contributed by atoms with Gasteiger partial charge in [0.05, 0.1) is 13.2 Å². The molecular formula is C25H39N3O5S. The van der Waals surface area contributed by atoms with E-state index < -0.39 is 22.2 Å². The third-order valence-electron chi connectivity index (χ3n) is 5.74. The summed E-state index contributed by atoms with van der Waals surface area (Å²) >= 11 is 0. The highest BCUT2D eigenvalue weighted by molar-refractivity contribution is 7.89. The second kappa shape index (κ2) is 12.4. The van der Waals surface area contributed by atoms with E-state index in [2.05, 4.69) is 31.0 Å². The van der Waals surface area contributed by atoms with Crippen LogP contribution in [-0.2, 0) is 10.0 Å². The van der Waals surface area contributed by atoms with Crippen LogP contribution in [-0.4, -0.2) is 74.2 Å². The van der Waals surface area contributed by atoms with Gasteiger partial charge in [0.1, 0.15) is 16.7 Å². The Kier molecular flexibility index (Phi) is 10.2. The summed E-state index contributed by atoms with van der Waals surface area (Å²) in [6.45, 7) is 10.4. The average Bonchev–Trinajstić information content (AvgIpc) is 2.78. The molecule has 0 aliphatic carbocycles. The summed E-state index contributed by atoms with van der Waals surface area (Å²) in [6.07, 6.45) is 1.10. The number of hydrogen-bond donors (Lipinski definition) is 2. The van der Waals surface area contributed by atoms with Crippen molar-refractivity contribution in [1.82, 2.24) is 14.5 Å². The SMILES string of the molecule is CCCNC(=O)N(C)C[C@H]1Oc2cc(C#CCC(C)C)ccc2S(=O)(=O)N([C@@H](C)CO)C[C@H]1C. The molecule has 1 aliphatic rings. The first-order valence-corrected chi connectivity index (χ1v) is 13.4. The Hall–Kier alpha value is -2.28. The summed E-state index contributed by atoms with van der Waals surface area (Å²) in [5.74, 6) is 6.61. The van der Waals surface area contributed by atoms with Crippen molar-refractivity contribution in [3.63, 3.8) is 0 Å². The van der Waals surface area contributed by atoms with Crippen LogP contribution in [0.2, 0.25) is 0 Å². The first kappa shape index (κ1) is 28.0. The Balaban J connectivity index is 2.48. The Morgan fingerprint density at radius 2 is 2.06 bits per heavy atom. The van der Waals surface area contributed by atoms with Crippen LogP contribution in [0.4, 0.5) is 4.79 Å². The summed E-state index contributed by atoms with van der Waals surface area (Å²) in [6, 6.07) is 4.05. The van der Waals surface area contributed by atoms with E-state index in [4.69, 9.17) is 4.74 Å². The number of urea groups is 1. The van der Waals surface area contributed by atoms with E-state index >= 15 is 0 Å². The monoisotopic (exact) mass is 493 g/mol. The molecule has 9 heteroatoms. The first-order chi connectivity index (χ1) is 16.0. The maximum atomic E-state index is 13.5. The molecule has 0 spiro atoms. The zero-order valence-corrected chi connectivity index (χ0v) is 22.0. The molecule has 8 nitrogen and oxygen atoms in total. The quantitative estimate of drug-likeness (QED) is 0.569. The van der Waals surface area contributed by atoms with E-state index in [1.807, 2.05) is 13.8 Å². The van der Waals surface area contributed by atoms with E-state index in [1.165, 1.54) is 10.4 Å². The highest BCUT2D eigenvalue weighted by Crippen LogP contribution is 2.34. The van der Waals surface area contributed by atoms with Crippen molar-refractivity contribution in [2.24, 2.45) is 11.8 Å². The molecule has 0 radical (unpaired) electrons. The lowest BCUT2D eigenvalue weighted by atomic mass is 10.0. The van der Waals surface area contributed by atoms with Gasteiger partial charge in [-0.3, -0.25) is 0 Å². The molecule has 0 bridgehead atoms. The first-order valence-electron chi connectivity index (χ1n) is 11.9. The van der Waals surface area contributed by atoms with E-state index in [-0.39, 0.29) is 42.3 Å². The number of aliphatic hydroxyl groups is 1. The van der Waals surface area contributed by atoms with Crippen LogP contribution >= 0.6 is 0 Å². The second-order valence-corrected chi connectivity index (χ2v) is 11.3. The van der Waals surface area contributed by atoms with Crippen molar-refractivity contribution in [3.05, 3.63) is 23.8 Å². The fourth-order valence-electron chi connectivity index (χ4n) is 3.60. The number of carbonyl (C=O) groups excluding carboxylic acids is 1. The minimum Gasteiger partial charge on any atom is -0.487 e. The van der Waals surface area contributed by atoms with Crippen molar-refractivity contribution in [3.8, 4) is 17.6 Å². The van der Waals surface area contributed by atoms with E-state index in [9.17, 15) is 18.3 Å². The zero-order chi connectivity index (χ0) is 25.5.